The highest BCUT2D eigenvalue weighted by atomic mass is 16.6. The zero-order chi connectivity index (χ0) is 15.1. The van der Waals surface area contributed by atoms with Crippen LogP contribution in [0.25, 0.3) is 0 Å². The summed E-state index contributed by atoms with van der Waals surface area (Å²) in [6.45, 7) is 13.5. The van der Waals surface area contributed by atoms with Gasteiger partial charge >= 0.3 is 6.09 Å². The van der Waals surface area contributed by atoms with Crippen LogP contribution < -0.4 is 0 Å². The molecule has 0 saturated heterocycles. The normalized spacial score (nSPS) is 11.1. The largest absolute Gasteiger partial charge is 0.444 e. The molecule has 0 heterocycles. The van der Waals surface area contributed by atoms with E-state index in [4.69, 9.17) is 4.74 Å². The molecule has 0 rings (SSSR count). The summed E-state index contributed by atoms with van der Waals surface area (Å²) in [7, 11) is 3.80. The second kappa shape index (κ2) is 8.08. The van der Waals surface area contributed by atoms with Crippen molar-refractivity contribution >= 4 is 6.09 Å². The van der Waals surface area contributed by atoms with Gasteiger partial charge in [0, 0.05) is 39.3 Å². The molecule has 0 fully saturated rings. The van der Waals surface area contributed by atoms with Gasteiger partial charge in [-0.2, -0.15) is 0 Å². The Bertz CT molecular complexity index is 295. The fraction of sp³-hybridized carbons (Fsp3) is 0.800. The van der Waals surface area contributed by atoms with Crippen molar-refractivity contribution < 1.29 is 9.53 Å². The summed E-state index contributed by atoms with van der Waals surface area (Å²) in [5.74, 6) is 0. The fourth-order valence-electron chi connectivity index (χ4n) is 1.47. The second-order valence-corrected chi connectivity index (χ2v) is 5.99. The third-order valence-corrected chi connectivity index (χ3v) is 2.83. The Morgan fingerprint density at radius 3 is 2.21 bits per heavy atom. The molecular formula is C15H30N2O2. The van der Waals surface area contributed by atoms with Crippen LogP contribution in [0.15, 0.2) is 12.3 Å². The third-order valence-electron chi connectivity index (χ3n) is 2.83. The zero-order valence-electron chi connectivity index (χ0n) is 13.5. The topological polar surface area (TPSA) is 32.8 Å². The van der Waals surface area contributed by atoms with Crippen LogP contribution in [0.4, 0.5) is 4.79 Å². The molecule has 4 heteroatoms. The molecule has 1 amide bonds. The van der Waals surface area contributed by atoms with E-state index >= 15 is 0 Å². The quantitative estimate of drug-likeness (QED) is 0.710. The Balaban J connectivity index is 4.05. The fourth-order valence-corrected chi connectivity index (χ4v) is 1.47. The number of hydrogen-bond acceptors (Lipinski definition) is 3. The number of rotatable bonds is 7. The molecule has 0 aliphatic carbocycles. The molecule has 0 bridgehead atoms. The van der Waals surface area contributed by atoms with E-state index in [1.165, 1.54) is 6.42 Å². The molecule has 0 aromatic heterocycles. The minimum absolute atomic E-state index is 0.281. The highest BCUT2D eigenvalue weighted by molar-refractivity contribution is 5.67. The molecular weight excluding hydrogens is 240 g/mol. The van der Waals surface area contributed by atoms with E-state index in [9.17, 15) is 4.79 Å². The Morgan fingerprint density at radius 2 is 1.74 bits per heavy atom. The third kappa shape index (κ3) is 8.51. The molecule has 19 heavy (non-hydrogen) atoms. The van der Waals surface area contributed by atoms with Gasteiger partial charge in [0.05, 0.1) is 0 Å². The van der Waals surface area contributed by atoms with Crippen LogP contribution in [0, 0.1) is 0 Å². The number of carbonyl (C=O) groups is 1. The molecule has 0 spiro atoms. The van der Waals surface area contributed by atoms with E-state index in [1.807, 2.05) is 27.8 Å². The summed E-state index contributed by atoms with van der Waals surface area (Å²) in [6, 6.07) is 0. The number of ether oxygens (including phenoxy) is 1. The Kier molecular flexibility index (Phi) is 7.57. The minimum atomic E-state index is -0.444. The molecule has 112 valence electrons. The minimum Gasteiger partial charge on any atom is -0.444 e. The first-order valence-corrected chi connectivity index (χ1v) is 7.00. The average molecular weight is 270 g/mol. The molecule has 0 saturated carbocycles. The Labute approximate surface area is 118 Å². The summed E-state index contributed by atoms with van der Waals surface area (Å²) >= 11 is 0. The number of unbranched alkanes of at least 4 members (excludes halogenated alkanes) is 1. The van der Waals surface area contributed by atoms with Crippen molar-refractivity contribution in [3.63, 3.8) is 0 Å². The molecule has 0 radical (unpaired) electrons. The van der Waals surface area contributed by atoms with E-state index in [-0.39, 0.29) is 6.09 Å². The summed E-state index contributed by atoms with van der Waals surface area (Å²) < 4.78 is 5.30. The van der Waals surface area contributed by atoms with Gasteiger partial charge in [-0.15, -0.1) is 0 Å². The van der Waals surface area contributed by atoms with Crippen LogP contribution in [0.5, 0.6) is 0 Å². The number of nitrogens with zero attached hydrogens (tertiary/aromatic N) is 2. The second-order valence-electron chi connectivity index (χ2n) is 5.99. The van der Waals surface area contributed by atoms with Crippen LogP contribution in [-0.4, -0.2) is 48.7 Å². The number of hydrogen-bond donors (Lipinski definition) is 0. The standard InChI is InChI=1S/C15H30N2O2/c1-8-9-11-16(6)13(2)10-12-17(7)14(18)19-15(3,4)5/h2,8-12H2,1,3-7H3. The molecule has 4 nitrogen and oxygen atoms in total. The van der Waals surface area contributed by atoms with E-state index in [0.29, 0.717) is 6.54 Å². The highest BCUT2D eigenvalue weighted by Crippen LogP contribution is 2.11. The molecule has 0 aliphatic heterocycles. The van der Waals surface area contributed by atoms with E-state index < -0.39 is 5.60 Å². The molecule has 0 unspecified atom stereocenters. The first kappa shape index (κ1) is 17.8. The van der Waals surface area contributed by atoms with Crippen LogP contribution in [-0.2, 0) is 4.74 Å². The van der Waals surface area contributed by atoms with Crippen molar-refractivity contribution in [2.45, 2.75) is 52.6 Å². The van der Waals surface area contributed by atoms with Gasteiger partial charge < -0.3 is 14.5 Å². The van der Waals surface area contributed by atoms with Gasteiger partial charge in [-0.05, 0) is 27.2 Å². The van der Waals surface area contributed by atoms with Crippen molar-refractivity contribution in [2.75, 3.05) is 27.2 Å². The predicted molar refractivity (Wildman–Crippen MR) is 80.2 cm³/mol. The van der Waals surface area contributed by atoms with Crippen LogP contribution in [0.3, 0.4) is 0 Å². The summed E-state index contributed by atoms with van der Waals surface area (Å²) in [6.07, 6.45) is 2.83. The van der Waals surface area contributed by atoms with Crippen molar-refractivity contribution in [1.29, 1.82) is 0 Å². The molecule has 0 aliphatic rings. The lowest BCUT2D eigenvalue weighted by Gasteiger charge is -2.26. The highest BCUT2D eigenvalue weighted by Gasteiger charge is 2.19. The van der Waals surface area contributed by atoms with Gasteiger partial charge in [0.1, 0.15) is 5.60 Å². The van der Waals surface area contributed by atoms with Gasteiger partial charge in [-0.25, -0.2) is 4.79 Å². The Morgan fingerprint density at radius 1 is 1.16 bits per heavy atom. The van der Waals surface area contributed by atoms with Crippen molar-refractivity contribution in [3.8, 4) is 0 Å². The average Bonchev–Trinajstić information content (AvgIpc) is 2.30. The van der Waals surface area contributed by atoms with E-state index in [1.54, 1.807) is 11.9 Å². The van der Waals surface area contributed by atoms with Crippen LogP contribution >= 0.6 is 0 Å². The lowest BCUT2D eigenvalue weighted by Crippen LogP contribution is -2.35. The molecule has 0 atom stereocenters. The summed E-state index contributed by atoms with van der Waals surface area (Å²) in [5, 5.41) is 0. The smallest absolute Gasteiger partial charge is 0.410 e. The van der Waals surface area contributed by atoms with Crippen LogP contribution in [0.2, 0.25) is 0 Å². The van der Waals surface area contributed by atoms with Gasteiger partial charge in [0.15, 0.2) is 0 Å². The SMILES string of the molecule is C=C(CCN(C)C(=O)OC(C)(C)C)N(C)CCCC. The zero-order valence-corrected chi connectivity index (χ0v) is 13.5. The monoisotopic (exact) mass is 270 g/mol. The molecule has 0 aromatic carbocycles. The van der Waals surface area contributed by atoms with Crippen molar-refractivity contribution in [1.82, 2.24) is 9.80 Å². The first-order chi connectivity index (χ1) is 8.67. The van der Waals surface area contributed by atoms with Gasteiger partial charge in [-0.3, -0.25) is 0 Å². The maximum atomic E-state index is 11.8. The van der Waals surface area contributed by atoms with E-state index in [0.717, 1.165) is 25.1 Å². The van der Waals surface area contributed by atoms with E-state index in [2.05, 4.69) is 18.4 Å². The maximum Gasteiger partial charge on any atom is 0.410 e. The first-order valence-electron chi connectivity index (χ1n) is 7.00. The van der Waals surface area contributed by atoms with Gasteiger partial charge in [-0.1, -0.05) is 19.9 Å². The Hall–Kier alpha value is -1.19. The number of carbonyl (C=O) groups excluding carboxylic acids is 1. The summed E-state index contributed by atoms with van der Waals surface area (Å²) in [4.78, 5) is 15.5. The number of amides is 1. The lowest BCUT2D eigenvalue weighted by atomic mass is 10.2. The maximum absolute atomic E-state index is 11.8. The predicted octanol–water partition coefficient (Wildman–Crippen LogP) is 3.49. The molecule has 0 aromatic rings. The van der Waals surface area contributed by atoms with Crippen LogP contribution in [0.1, 0.15) is 47.0 Å². The van der Waals surface area contributed by atoms with Crippen molar-refractivity contribution in [3.05, 3.63) is 12.3 Å². The van der Waals surface area contributed by atoms with Crippen molar-refractivity contribution in [2.24, 2.45) is 0 Å². The molecule has 0 N–H and O–H groups in total. The van der Waals surface area contributed by atoms with Gasteiger partial charge in [0.25, 0.3) is 0 Å². The van der Waals surface area contributed by atoms with Gasteiger partial charge in [0.2, 0.25) is 0 Å². The summed E-state index contributed by atoms with van der Waals surface area (Å²) in [5.41, 5.74) is 0.615. The lowest BCUT2D eigenvalue weighted by molar-refractivity contribution is 0.0298.